The summed E-state index contributed by atoms with van der Waals surface area (Å²) in [6, 6.07) is 5.64. The van der Waals surface area contributed by atoms with Gasteiger partial charge in [-0.25, -0.2) is 0 Å². The highest BCUT2D eigenvalue weighted by Crippen LogP contribution is 1.85. The lowest BCUT2D eigenvalue weighted by atomic mass is 10.5. The molecular weight excluding hydrogens is 188 g/mol. The fraction of sp³-hybridized carbons (Fsp3) is 0. The second-order valence-corrected chi connectivity index (χ2v) is 3.10. The number of hydrogen-bond donors (Lipinski definition) is 1. The van der Waals surface area contributed by atoms with Crippen molar-refractivity contribution < 1.29 is 0 Å². The van der Waals surface area contributed by atoms with E-state index in [0.717, 1.165) is 4.64 Å². The van der Waals surface area contributed by atoms with E-state index in [1.54, 1.807) is 23.0 Å². The highest BCUT2D eigenvalue weighted by Gasteiger charge is 1.65. The summed E-state index contributed by atoms with van der Waals surface area (Å²) in [7, 11) is 0. The zero-order chi connectivity index (χ0) is 8.65. The smallest absolute Gasteiger partial charge is 0.103 e. The lowest BCUT2D eigenvalue weighted by Crippen LogP contribution is -1.64. The fourth-order valence-corrected chi connectivity index (χ4v) is 1.05. The first-order valence-electron chi connectivity index (χ1n) is 3.35. The number of H-pyrrole nitrogens is 1. The molecule has 0 amide bonds. The molecule has 0 aromatic carbocycles. The van der Waals surface area contributed by atoms with Crippen LogP contribution in [0, 0.1) is 4.64 Å². The summed E-state index contributed by atoms with van der Waals surface area (Å²) >= 11 is 6.36. The van der Waals surface area contributed by atoms with E-state index < -0.39 is 0 Å². The van der Waals surface area contributed by atoms with E-state index in [9.17, 15) is 0 Å². The Morgan fingerprint density at radius 3 is 2.58 bits per heavy atom. The topological polar surface area (TPSA) is 28.7 Å². The molecule has 0 saturated carbocycles. The molecule has 0 unspecified atom stereocenters. The van der Waals surface area contributed by atoms with Crippen LogP contribution >= 0.6 is 23.6 Å². The van der Waals surface area contributed by atoms with Crippen molar-refractivity contribution in [3.05, 3.63) is 46.1 Å². The van der Waals surface area contributed by atoms with Gasteiger partial charge in [-0.2, -0.15) is 0 Å². The first kappa shape index (κ1) is 9.09. The zero-order valence-corrected chi connectivity index (χ0v) is 7.94. The van der Waals surface area contributed by atoms with Crippen LogP contribution in [0.15, 0.2) is 41.5 Å². The fourth-order valence-electron chi connectivity index (χ4n) is 0.553. The Morgan fingerprint density at radius 2 is 2.33 bits per heavy atom. The van der Waals surface area contributed by atoms with Gasteiger partial charge in [-0.05, 0) is 12.1 Å². The molecule has 12 heavy (non-hydrogen) atoms. The van der Waals surface area contributed by atoms with Gasteiger partial charge < -0.3 is 4.98 Å². The molecule has 2 heterocycles. The van der Waals surface area contributed by atoms with Crippen molar-refractivity contribution in [1.82, 2.24) is 9.97 Å². The summed E-state index contributed by atoms with van der Waals surface area (Å²) in [5, 5.41) is 1.93. The average molecular weight is 196 g/mol. The van der Waals surface area contributed by atoms with Crippen LogP contribution in [-0.4, -0.2) is 9.97 Å². The molecule has 0 saturated heterocycles. The van der Waals surface area contributed by atoms with E-state index in [-0.39, 0.29) is 0 Å². The Morgan fingerprint density at radius 1 is 1.42 bits per heavy atom. The van der Waals surface area contributed by atoms with E-state index in [2.05, 4.69) is 9.97 Å². The van der Waals surface area contributed by atoms with Gasteiger partial charge in [-0.15, -0.1) is 11.3 Å². The Labute approximate surface area is 79.9 Å². The minimum atomic E-state index is 0.780. The maximum atomic E-state index is 4.76. The molecule has 0 radical (unpaired) electrons. The summed E-state index contributed by atoms with van der Waals surface area (Å²) in [6.45, 7) is 0. The van der Waals surface area contributed by atoms with Gasteiger partial charge in [0.2, 0.25) is 0 Å². The average Bonchev–Trinajstić information content (AvgIpc) is 2.62. The van der Waals surface area contributed by atoms with Crippen molar-refractivity contribution in [3.63, 3.8) is 0 Å². The summed E-state index contributed by atoms with van der Waals surface area (Å²) in [5.74, 6) is 0. The minimum absolute atomic E-state index is 0.780. The summed E-state index contributed by atoms with van der Waals surface area (Å²) < 4.78 is 0.780. The van der Waals surface area contributed by atoms with Gasteiger partial charge in [0.15, 0.2) is 0 Å². The Bertz CT molecular complexity index is 305. The quantitative estimate of drug-likeness (QED) is 0.656. The third-order valence-corrected chi connectivity index (χ3v) is 1.80. The molecule has 62 valence electrons. The number of hydrogen-bond acceptors (Lipinski definition) is 3. The van der Waals surface area contributed by atoms with Crippen LogP contribution in [0.2, 0.25) is 0 Å². The van der Waals surface area contributed by atoms with Crippen LogP contribution < -0.4 is 0 Å². The molecule has 2 nitrogen and oxygen atoms in total. The van der Waals surface area contributed by atoms with Gasteiger partial charge in [0, 0.05) is 17.8 Å². The number of rotatable bonds is 0. The van der Waals surface area contributed by atoms with Crippen LogP contribution in [0.1, 0.15) is 0 Å². The van der Waals surface area contributed by atoms with Gasteiger partial charge in [-0.1, -0.05) is 18.3 Å². The summed E-state index contributed by atoms with van der Waals surface area (Å²) in [6.07, 6.45) is 3.58. The number of nitrogens with one attached hydrogen (secondary N) is 1. The third-order valence-electron chi connectivity index (χ3n) is 1.03. The molecule has 4 heteroatoms. The van der Waals surface area contributed by atoms with E-state index in [4.69, 9.17) is 12.2 Å². The molecule has 2 aromatic rings. The van der Waals surface area contributed by atoms with Crippen LogP contribution in [-0.2, 0) is 0 Å². The highest BCUT2D eigenvalue weighted by atomic mass is 32.1. The summed E-state index contributed by atoms with van der Waals surface area (Å²) in [5.41, 5.74) is 1.79. The van der Waals surface area contributed by atoms with E-state index >= 15 is 0 Å². The van der Waals surface area contributed by atoms with Gasteiger partial charge in [-0.3, -0.25) is 4.98 Å². The normalized spacial score (nSPS) is 8.33. The second-order valence-electron chi connectivity index (χ2n) is 1.90. The Kier molecular flexibility index (Phi) is 4.26. The monoisotopic (exact) mass is 196 g/mol. The third kappa shape index (κ3) is 4.00. The number of nitrogens with zero attached hydrogens (tertiary/aromatic N) is 1. The van der Waals surface area contributed by atoms with Crippen LogP contribution in [0.3, 0.4) is 0 Å². The molecule has 0 spiro atoms. The van der Waals surface area contributed by atoms with Gasteiger partial charge in [0.05, 0.1) is 5.51 Å². The first-order chi connectivity index (χ1) is 5.89. The standard InChI is InChI=1S/C5H5NS.C3H3NS/c7-5-3-1-2-4-6-5;1-2-5-3-4-1/h1-4H,(H,6,7);1-3H. The Balaban J connectivity index is 0.000000127. The molecular formula is C8H8N2S2. The molecule has 2 aromatic heterocycles. The van der Waals surface area contributed by atoms with Gasteiger partial charge >= 0.3 is 0 Å². The minimum Gasteiger partial charge on any atom is -0.353 e. The van der Waals surface area contributed by atoms with Crippen molar-refractivity contribution >= 4 is 23.6 Å². The lowest BCUT2D eigenvalue weighted by Gasteiger charge is -1.76. The zero-order valence-electron chi connectivity index (χ0n) is 6.31. The molecule has 2 rings (SSSR count). The van der Waals surface area contributed by atoms with Crippen molar-refractivity contribution in [1.29, 1.82) is 0 Å². The van der Waals surface area contributed by atoms with Crippen LogP contribution in [0.5, 0.6) is 0 Å². The van der Waals surface area contributed by atoms with Crippen molar-refractivity contribution in [2.24, 2.45) is 0 Å². The van der Waals surface area contributed by atoms with Crippen molar-refractivity contribution in [2.45, 2.75) is 0 Å². The number of aromatic amines is 1. The molecule has 0 fully saturated rings. The molecule has 0 aliphatic carbocycles. The lowest BCUT2D eigenvalue weighted by molar-refractivity contribution is 1.30. The number of aromatic nitrogens is 2. The SMILES string of the molecule is S=c1cccc[nH]1.c1cscn1. The number of pyridine rings is 1. The first-order valence-corrected chi connectivity index (χ1v) is 4.70. The largest absolute Gasteiger partial charge is 0.353 e. The molecule has 0 atom stereocenters. The van der Waals surface area contributed by atoms with Gasteiger partial charge in [0.1, 0.15) is 4.64 Å². The van der Waals surface area contributed by atoms with E-state index in [1.165, 1.54) is 0 Å². The predicted molar refractivity (Wildman–Crippen MR) is 53.7 cm³/mol. The molecule has 0 bridgehead atoms. The molecule has 0 aliphatic rings. The highest BCUT2D eigenvalue weighted by molar-refractivity contribution is 7.71. The molecule has 0 aliphatic heterocycles. The Hall–Kier alpha value is -1.00. The van der Waals surface area contributed by atoms with Crippen molar-refractivity contribution in [3.8, 4) is 0 Å². The van der Waals surface area contributed by atoms with E-state index in [0.29, 0.717) is 0 Å². The summed E-state index contributed by atoms with van der Waals surface area (Å²) in [4.78, 5) is 6.59. The maximum absolute atomic E-state index is 4.76. The van der Waals surface area contributed by atoms with E-state index in [1.807, 2.05) is 29.8 Å². The van der Waals surface area contributed by atoms with Crippen LogP contribution in [0.4, 0.5) is 0 Å². The number of thiazole rings is 1. The van der Waals surface area contributed by atoms with Gasteiger partial charge in [0.25, 0.3) is 0 Å². The molecule has 1 N–H and O–H groups in total. The second kappa shape index (κ2) is 5.62. The van der Waals surface area contributed by atoms with Crippen molar-refractivity contribution in [2.75, 3.05) is 0 Å². The maximum Gasteiger partial charge on any atom is 0.103 e. The predicted octanol–water partition coefficient (Wildman–Crippen LogP) is 2.89. The van der Waals surface area contributed by atoms with Crippen LogP contribution in [0.25, 0.3) is 0 Å².